The van der Waals surface area contributed by atoms with Gasteiger partial charge in [0.2, 0.25) is 0 Å². The molecule has 0 N–H and O–H groups in total. The van der Waals surface area contributed by atoms with Crippen LogP contribution in [0.3, 0.4) is 0 Å². The molecule has 0 bridgehead atoms. The van der Waals surface area contributed by atoms with E-state index in [2.05, 4.69) is 4.98 Å². The van der Waals surface area contributed by atoms with E-state index in [0.717, 1.165) is 11.9 Å². The van der Waals surface area contributed by atoms with Crippen LogP contribution >= 0.6 is 23.2 Å². The number of carbonyl (C=O) groups excluding carboxylic acids is 1. The molecule has 3 aromatic rings. The molecular weight excluding hydrogens is 376 g/mol. The minimum Gasteiger partial charge on any atom is -0.334 e. The first kappa shape index (κ1) is 18.7. The molecule has 0 atom stereocenters. The average molecular weight is 394 g/mol. The Bertz CT molecular complexity index is 971. The quantitative estimate of drug-likeness (QED) is 0.599. The van der Waals surface area contributed by atoms with Crippen molar-refractivity contribution in [3.63, 3.8) is 0 Å². The average Bonchev–Trinajstić information content (AvgIpc) is 2.93. The molecule has 4 nitrogen and oxygen atoms in total. The van der Waals surface area contributed by atoms with Crippen molar-refractivity contribution in [2.45, 2.75) is 26.4 Å². The van der Waals surface area contributed by atoms with Crippen LogP contribution in [0, 0.1) is 5.82 Å². The van der Waals surface area contributed by atoms with Crippen LogP contribution in [0.5, 0.6) is 0 Å². The summed E-state index contributed by atoms with van der Waals surface area (Å²) in [5, 5.41) is 0.787. The first-order valence-electron chi connectivity index (χ1n) is 8.26. The lowest BCUT2D eigenvalue weighted by atomic mass is 10.2. The smallest absolute Gasteiger partial charge is 0.255 e. The first-order chi connectivity index (χ1) is 12.4. The number of nitrogens with zero attached hydrogens (tertiary/aromatic N) is 3. The number of halogens is 3. The van der Waals surface area contributed by atoms with E-state index in [9.17, 15) is 9.18 Å². The van der Waals surface area contributed by atoms with Crippen LogP contribution in [0.15, 0.2) is 36.4 Å². The van der Waals surface area contributed by atoms with E-state index >= 15 is 0 Å². The number of aromatic nitrogens is 2. The van der Waals surface area contributed by atoms with Gasteiger partial charge in [0.1, 0.15) is 11.6 Å². The Kier molecular flexibility index (Phi) is 5.49. The van der Waals surface area contributed by atoms with Crippen molar-refractivity contribution in [3.8, 4) is 0 Å². The van der Waals surface area contributed by atoms with Crippen LogP contribution in [0.4, 0.5) is 4.39 Å². The minimum atomic E-state index is -0.309. The van der Waals surface area contributed by atoms with Gasteiger partial charge in [-0.05, 0) is 42.8 Å². The van der Waals surface area contributed by atoms with E-state index in [1.54, 1.807) is 31.3 Å². The maximum absolute atomic E-state index is 13.6. The van der Waals surface area contributed by atoms with Gasteiger partial charge in [-0.1, -0.05) is 30.1 Å². The van der Waals surface area contributed by atoms with E-state index in [1.165, 1.54) is 17.0 Å². The summed E-state index contributed by atoms with van der Waals surface area (Å²) in [6, 6.07) is 9.28. The Hall–Kier alpha value is -2.11. The molecule has 0 aliphatic heterocycles. The van der Waals surface area contributed by atoms with Crippen molar-refractivity contribution in [1.29, 1.82) is 0 Å². The van der Waals surface area contributed by atoms with Crippen LogP contribution in [-0.4, -0.2) is 27.4 Å². The topological polar surface area (TPSA) is 38.1 Å². The fourth-order valence-corrected chi connectivity index (χ4v) is 3.26. The van der Waals surface area contributed by atoms with E-state index < -0.39 is 0 Å². The lowest BCUT2D eigenvalue weighted by molar-refractivity contribution is 0.0780. The Balaban J connectivity index is 1.93. The number of carbonyl (C=O) groups is 1. The molecule has 0 spiro atoms. The van der Waals surface area contributed by atoms with Crippen LogP contribution in [0.25, 0.3) is 11.0 Å². The van der Waals surface area contributed by atoms with E-state index in [-0.39, 0.29) is 18.3 Å². The molecule has 7 heteroatoms. The predicted octanol–water partition coefficient (Wildman–Crippen LogP) is 5.16. The predicted molar refractivity (Wildman–Crippen MR) is 102 cm³/mol. The lowest BCUT2D eigenvalue weighted by Crippen LogP contribution is -2.28. The standard InChI is InChI=1S/C19H18Cl2FN3O/c1-3-8-25-17-10-13(22)5-7-16(17)23-18(25)11-24(2)19(26)14-9-12(20)4-6-15(14)21/h4-7,9-10H,3,8,11H2,1-2H3. The third kappa shape index (κ3) is 3.69. The molecule has 0 unspecified atom stereocenters. The van der Waals surface area contributed by atoms with Crippen molar-refractivity contribution in [3.05, 3.63) is 63.6 Å². The highest BCUT2D eigenvalue weighted by Gasteiger charge is 2.19. The zero-order chi connectivity index (χ0) is 18.8. The summed E-state index contributed by atoms with van der Waals surface area (Å²) in [6.07, 6.45) is 0.868. The second kappa shape index (κ2) is 7.64. The molecule has 0 aliphatic rings. The second-order valence-corrected chi connectivity index (χ2v) is 6.94. The van der Waals surface area contributed by atoms with Gasteiger partial charge in [-0.15, -0.1) is 0 Å². The normalized spacial score (nSPS) is 11.1. The zero-order valence-corrected chi connectivity index (χ0v) is 16.0. The molecule has 26 heavy (non-hydrogen) atoms. The molecule has 1 heterocycles. The number of amides is 1. The highest BCUT2D eigenvalue weighted by atomic mass is 35.5. The zero-order valence-electron chi connectivity index (χ0n) is 14.5. The summed E-state index contributed by atoms with van der Waals surface area (Å²) in [5.41, 5.74) is 1.77. The maximum Gasteiger partial charge on any atom is 0.255 e. The van der Waals surface area contributed by atoms with E-state index in [4.69, 9.17) is 23.2 Å². The molecule has 0 aliphatic carbocycles. The van der Waals surface area contributed by atoms with Crippen molar-refractivity contribution in [2.24, 2.45) is 0 Å². The third-order valence-electron chi connectivity index (χ3n) is 4.12. The van der Waals surface area contributed by atoms with Crippen LogP contribution < -0.4 is 0 Å². The molecule has 3 rings (SSSR count). The number of benzene rings is 2. The molecule has 1 amide bonds. The fourth-order valence-electron chi connectivity index (χ4n) is 2.89. The van der Waals surface area contributed by atoms with E-state index in [0.29, 0.717) is 33.5 Å². The number of rotatable bonds is 5. The lowest BCUT2D eigenvalue weighted by Gasteiger charge is -2.18. The Morgan fingerprint density at radius 2 is 2.00 bits per heavy atom. The highest BCUT2D eigenvalue weighted by Crippen LogP contribution is 2.23. The van der Waals surface area contributed by atoms with Gasteiger partial charge in [0.05, 0.1) is 28.2 Å². The number of hydrogen-bond acceptors (Lipinski definition) is 2. The minimum absolute atomic E-state index is 0.251. The van der Waals surface area contributed by atoms with Gasteiger partial charge in [-0.25, -0.2) is 9.37 Å². The molecule has 1 aromatic heterocycles. The van der Waals surface area contributed by atoms with Crippen molar-refractivity contribution in [1.82, 2.24) is 14.5 Å². The number of fused-ring (bicyclic) bond motifs is 1. The summed E-state index contributed by atoms with van der Waals surface area (Å²) in [6.45, 7) is 3.00. The first-order valence-corrected chi connectivity index (χ1v) is 9.01. The molecule has 136 valence electrons. The van der Waals surface area contributed by atoms with Gasteiger partial charge < -0.3 is 9.47 Å². The molecule has 0 fully saturated rings. The monoisotopic (exact) mass is 393 g/mol. The summed E-state index contributed by atoms with van der Waals surface area (Å²) in [7, 11) is 1.68. The molecule has 0 saturated heterocycles. The van der Waals surface area contributed by atoms with Crippen molar-refractivity contribution >= 4 is 40.1 Å². The summed E-state index contributed by atoms with van der Waals surface area (Å²) >= 11 is 12.1. The van der Waals surface area contributed by atoms with Crippen molar-refractivity contribution in [2.75, 3.05) is 7.05 Å². The SMILES string of the molecule is CCCn1c(CN(C)C(=O)c2cc(Cl)ccc2Cl)nc2ccc(F)cc21. The fraction of sp³-hybridized carbons (Fsp3) is 0.263. The number of imidazole rings is 1. The number of hydrogen-bond donors (Lipinski definition) is 0. The van der Waals surface area contributed by atoms with Gasteiger partial charge >= 0.3 is 0 Å². The van der Waals surface area contributed by atoms with Crippen LogP contribution in [-0.2, 0) is 13.1 Å². The van der Waals surface area contributed by atoms with E-state index in [1.807, 2.05) is 11.5 Å². The van der Waals surface area contributed by atoms with Gasteiger partial charge in [0, 0.05) is 18.6 Å². The summed E-state index contributed by atoms with van der Waals surface area (Å²) in [5.74, 6) is 0.136. The van der Waals surface area contributed by atoms with Gasteiger partial charge in [-0.3, -0.25) is 4.79 Å². The van der Waals surface area contributed by atoms with Crippen molar-refractivity contribution < 1.29 is 9.18 Å². The van der Waals surface area contributed by atoms with Gasteiger partial charge in [0.25, 0.3) is 5.91 Å². The molecule has 0 saturated carbocycles. The Labute approximate surface area is 161 Å². The summed E-state index contributed by atoms with van der Waals surface area (Å²) in [4.78, 5) is 18.8. The van der Waals surface area contributed by atoms with Gasteiger partial charge in [-0.2, -0.15) is 0 Å². The maximum atomic E-state index is 13.6. The molecular formula is C19H18Cl2FN3O. The summed E-state index contributed by atoms with van der Waals surface area (Å²) < 4.78 is 15.6. The largest absolute Gasteiger partial charge is 0.334 e. The highest BCUT2D eigenvalue weighted by molar-refractivity contribution is 6.35. The Morgan fingerprint density at radius 3 is 2.73 bits per heavy atom. The van der Waals surface area contributed by atoms with Gasteiger partial charge in [0.15, 0.2) is 0 Å². The molecule has 0 radical (unpaired) electrons. The van der Waals surface area contributed by atoms with Crippen LogP contribution in [0.2, 0.25) is 10.0 Å². The van der Waals surface area contributed by atoms with Crippen LogP contribution in [0.1, 0.15) is 29.5 Å². The third-order valence-corrected chi connectivity index (χ3v) is 4.69. The Morgan fingerprint density at radius 1 is 1.23 bits per heavy atom. The molecule has 2 aromatic carbocycles. The number of aryl methyl sites for hydroxylation is 1. The second-order valence-electron chi connectivity index (χ2n) is 6.10.